The minimum absolute atomic E-state index is 0.00208. The van der Waals surface area contributed by atoms with E-state index in [-0.39, 0.29) is 10.9 Å². The molecule has 7 nitrogen and oxygen atoms in total. The minimum atomic E-state index is -3.71. The Balaban J connectivity index is 1.59. The second kappa shape index (κ2) is 10.3. The van der Waals surface area contributed by atoms with E-state index >= 15 is 0 Å². The second-order valence-corrected chi connectivity index (χ2v) is 10.7. The number of benzene rings is 2. The molecule has 0 aromatic heterocycles. The van der Waals surface area contributed by atoms with E-state index in [1.807, 2.05) is 0 Å². The maximum absolute atomic E-state index is 13.2. The average molecular weight is 474 g/mol. The molecule has 33 heavy (non-hydrogen) atoms. The summed E-state index contributed by atoms with van der Waals surface area (Å²) >= 11 is 0. The number of nitrogens with zero attached hydrogens (tertiary/aromatic N) is 2. The number of aryl methyl sites for hydroxylation is 1. The first-order valence-electron chi connectivity index (χ1n) is 11.7. The Kier molecular flexibility index (Phi) is 7.46. The maximum Gasteiger partial charge on any atom is 0.240 e. The van der Waals surface area contributed by atoms with Crippen molar-refractivity contribution in [1.29, 1.82) is 0 Å². The summed E-state index contributed by atoms with van der Waals surface area (Å²) in [6.45, 7) is 3.37. The fourth-order valence-corrected chi connectivity index (χ4v) is 6.01. The van der Waals surface area contributed by atoms with E-state index in [0.29, 0.717) is 18.0 Å². The van der Waals surface area contributed by atoms with Gasteiger partial charge in [-0.2, -0.15) is 0 Å². The standard InChI is InChI=1S/C25H35N3O4S/c1-27-13-7-8-19-16-20(9-11-22(19)27)23(28-14-5-4-6-15-28)18-26-33(29,30)21-10-12-24(31-2)25(17-21)32-3/h9-12,16-17,23,26H,4-8,13-15,18H2,1-3H3/t23-/m0/s1. The molecule has 0 amide bonds. The maximum atomic E-state index is 13.2. The zero-order chi connectivity index (χ0) is 23.4. The van der Waals surface area contributed by atoms with E-state index in [0.717, 1.165) is 45.3 Å². The van der Waals surface area contributed by atoms with Crippen LogP contribution < -0.4 is 19.1 Å². The third-order valence-electron chi connectivity index (χ3n) is 6.80. The highest BCUT2D eigenvalue weighted by Crippen LogP contribution is 2.33. The number of methoxy groups -OCH3 is 2. The molecule has 2 heterocycles. The summed E-state index contributed by atoms with van der Waals surface area (Å²) in [5.41, 5.74) is 3.82. The Bertz CT molecular complexity index is 1070. The summed E-state index contributed by atoms with van der Waals surface area (Å²) in [5.74, 6) is 0.897. The largest absolute Gasteiger partial charge is 0.493 e. The minimum Gasteiger partial charge on any atom is -0.493 e. The van der Waals surface area contributed by atoms with Gasteiger partial charge >= 0.3 is 0 Å². The number of ether oxygens (including phenoxy) is 2. The molecule has 1 saturated heterocycles. The van der Waals surface area contributed by atoms with Crippen molar-refractivity contribution in [3.63, 3.8) is 0 Å². The van der Waals surface area contributed by atoms with E-state index in [2.05, 4.69) is 39.8 Å². The van der Waals surface area contributed by atoms with Crippen molar-refractivity contribution in [2.45, 2.75) is 43.0 Å². The van der Waals surface area contributed by atoms with Gasteiger partial charge in [-0.1, -0.05) is 18.6 Å². The fraction of sp³-hybridized carbons (Fsp3) is 0.520. The molecule has 1 N–H and O–H groups in total. The number of hydrogen-bond acceptors (Lipinski definition) is 6. The first-order valence-corrected chi connectivity index (χ1v) is 13.2. The zero-order valence-electron chi connectivity index (χ0n) is 19.8. The molecule has 2 aromatic rings. The van der Waals surface area contributed by atoms with Crippen LogP contribution in [-0.4, -0.2) is 60.8 Å². The highest BCUT2D eigenvalue weighted by atomic mass is 32.2. The second-order valence-electron chi connectivity index (χ2n) is 8.89. The molecule has 2 aromatic carbocycles. The molecule has 2 aliphatic rings. The van der Waals surface area contributed by atoms with Gasteiger partial charge in [0.1, 0.15) is 0 Å². The zero-order valence-corrected chi connectivity index (χ0v) is 20.7. The summed E-state index contributed by atoms with van der Waals surface area (Å²) in [5, 5.41) is 0. The van der Waals surface area contributed by atoms with Crippen LogP contribution in [-0.2, 0) is 16.4 Å². The summed E-state index contributed by atoms with van der Waals surface area (Å²) in [6, 6.07) is 11.3. The number of sulfonamides is 1. The quantitative estimate of drug-likeness (QED) is 0.632. The number of hydrogen-bond donors (Lipinski definition) is 1. The van der Waals surface area contributed by atoms with E-state index < -0.39 is 10.0 Å². The molecule has 0 radical (unpaired) electrons. The van der Waals surface area contributed by atoms with E-state index in [1.54, 1.807) is 12.1 Å². The van der Waals surface area contributed by atoms with Crippen molar-refractivity contribution in [3.05, 3.63) is 47.5 Å². The van der Waals surface area contributed by atoms with Crippen LogP contribution in [0.25, 0.3) is 0 Å². The van der Waals surface area contributed by atoms with Gasteiger partial charge in [0.25, 0.3) is 0 Å². The lowest BCUT2D eigenvalue weighted by atomic mass is 9.95. The SMILES string of the molecule is COc1ccc(S(=O)(=O)NC[C@@H](c2ccc3c(c2)CCCN3C)N2CCCCC2)cc1OC. The van der Waals surface area contributed by atoms with Crippen LogP contribution in [0.2, 0.25) is 0 Å². The molecule has 4 rings (SSSR count). The Morgan fingerprint density at radius 3 is 2.42 bits per heavy atom. The number of fused-ring (bicyclic) bond motifs is 1. The highest BCUT2D eigenvalue weighted by Gasteiger charge is 2.26. The van der Waals surface area contributed by atoms with Crippen molar-refractivity contribution < 1.29 is 17.9 Å². The van der Waals surface area contributed by atoms with Gasteiger partial charge in [-0.3, -0.25) is 4.90 Å². The molecule has 1 atom stereocenters. The Labute approximate surface area is 197 Å². The summed E-state index contributed by atoms with van der Waals surface area (Å²) in [6.07, 6.45) is 5.74. The summed E-state index contributed by atoms with van der Waals surface area (Å²) in [7, 11) is 1.46. The number of piperidine rings is 1. The van der Waals surface area contributed by atoms with Crippen molar-refractivity contribution in [3.8, 4) is 11.5 Å². The molecule has 8 heteroatoms. The molecular weight excluding hydrogens is 438 g/mol. The molecule has 180 valence electrons. The Morgan fingerprint density at radius 1 is 0.939 bits per heavy atom. The van der Waals surface area contributed by atoms with Crippen molar-refractivity contribution in [2.24, 2.45) is 0 Å². The fourth-order valence-electron chi connectivity index (χ4n) is 4.96. The van der Waals surface area contributed by atoms with Crippen molar-refractivity contribution in [1.82, 2.24) is 9.62 Å². The molecule has 0 aliphatic carbocycles. The molecule has 0 unspecified atom stereocenters. The van der Waals surface area contributed by atoms with Crippen molar-refractivity contribution >= 4 is 15.7 Å². The van der Waals surface area contributed by atoms with Crippen LogP contribution in [0.5, 0.6) is 11.5 Å². The van der Waals surface area contributed by atoms with Gasteiger partial charge in [0.15, 0.2) is 11.5 Å². The first kappa shape index (κ1) is 23.9. The van der Waals surface area contributed by atoms with Gasteiger partial charge in [-0.15, -0.1) is 0 Å². The predicted molar refractivity (Wildman–Crippen MR) is 131 cm³/mol. The molecule has 0 spiro atoms. The van der Waals surface area contributed by atoms with Gasteiger partial charge in [-0.25, -0.2) is 13.1 Å². The Morgan fingerprint density at radius 2 is 1.70 bits per heavy atom. The number of anilines is 1. The van der Waals surface area contributed by atoms with Crippen molar-refractivity contribution in [2.75, 3.05) is 52.3 Å². The van der Waals surface area contributed by atoms with Gasteiger partial charge in [0, 0.05) is 37.9 Å². The number of rotatable bonds is 8. The first-order chi connectivity index (χ1) is 15.9. The lowest BCUT2D eigenvalue weighted by Gasteiger charge is -2.36. The van der Waals surface area contributed by atoms with E-state index in [9.17, 15) is 8.42 Å². The smallest absolute Gasteiger partial charge is 0.240 e. The highest BCUT2D eigenvalue weighted by molar-refractivity contribution is 7.89. The topological polar surface area (TPSA) is 71.1 Å². The molecule has 2 aliphatic heterocycles. The predicted octanol–water partition coefficient (Wildman–Crippen LogP) is 3.59. The molecule has 0 bridgehead atoms. The van der Waals surface area contributed by atoms with Crippen LogP contribution in [0.15, 0.2) is 41.3 Å². The average Bonchev–Trinajstić information content (AvgIpc) is 2.84. The molecular formula is C25H35N3O4S. The van der Waals surface area contributed by atoms with Crippen LogP contribution in [0.3, 0.4) is 0 Å². The van der Waals surface area contributed by atoms with Gasteiger partial charge < -0.3 is 14.4 Å². The monoisotopic (exact) mass is 473 g/mol. The van der Waals surface area contributed by atoms with E-state index in [4.69, 9.17) is 9.47 Å². The van der Waals surface area contributed by atoms with Crippen LogP contribution in [0.4, 0.5) is 5.69 Å². The van der Waals surface area contributed by atoms with Gasteiger partial charge in [0.2, 0.25) is 10.0 Å². The number of nitrogens with one attached hydrogen (secondary N) is 1. The normalized spacial score (nSPS) is 18.0. The van der Waals surface area contributed by atoms with Crippen LogP contribution >= 0.6 is 0 Å². The lowest BCUT2D eigenvalue weighted by molar-refractivity contribution is 0.164. The summed E-state index contributed by atoms with van der Waals surface area (Å²) < 4.78 is 39.7. The molecule has 1 fully saturated rings. The lowest BCUT2D eigenvalue weighted by Crippen LogP contribution is -2.40. The van der Waals surface area contributed by atoms with Gasteiger partial charge in [-0.05, 0) is 68.1 Å². The van der Waals surface area contributed by atoms with Gasteiger partial charge in [0.05, 0.1) is 19.1 Å². The van der Waals surface area contributed by atoms with Crippen LogP contribution in [0.1, 0.15) is 42.9 Å². The van der Waals surface area contributed by atoms with E-state index in [1.165, 1.54) is 43.5 Å². The number of likely N-dealkylation sites (tertiary alicyclic amines) is 1. The third-order valence-corrected chi connectivity index (χ3v) is 8.22. The Hall–Kier alpha value is -2.29. The summed E-state index contributed by atoms with van der Waals surface area (Å²) in [4.78, 5) is 4.90. The molecule has 0 saturated carbocycles. The third kappa shape index (κ3) is 5.28. The van der Waals surface area contributed by atoms with Crippen LogP contribution in [0, 0.1) is 0 Å².